The van der Waals surface area contributed by atoms with Crippen LogP contribution < -0.4 is 11.1 Å². The molecule has 1 aromatic carbocycles. The number of rotatable bonds is 7. The van der Waals surface area contributed by atoms with Crippen LogP contribution >= 0.6 is 11.3 Å². The number of hydrogen-bond acceptors (Lipinski definition) is 8. The van der Waals surface area contributed by atoms with Crippen molar-refractivity contribution in [2.45, 2.75) is 26.0 Å². The van der Waals surface area contributed by atoms with E-state index in [9.17, 15) is 23.8 Å². The maximum absolute atomic E-state index is 14.9. The molecule has 4 heterocycles. The van der Waals surface area contributed by atoms with Crippen LogP contribution in [0.1, 0.15) is 35.7 Å². The molecule has 5 rings (SSSR count). The minimum absolute atomic E-state index is 0.0241. The number of aromatic hydroxyl groups is 1. The fraction of sp³-hybridized carbons (Fsp3) is 0.160. The van der Waals surface area contributed by atoms with Gasteiger partial charge in [-0.3, -0.25) is 4.79 Å². The number of nitrogens with zero attached hydrogens (tertiary/aromatic N) is 3. The number of aromatic nitrogens is 3. The number of carbonyl (C=O) groups is 1. The Kier molecular flexibility index (Phi) is 5.92. The van der Waals surface area contributed by atoms with Crippen molar-refractivity contribution in [1.29, 1.82) is 0 Å². The summed E-state index contributed by atoms with van der Waals surface area (Å²) in [6, 6.07) is 6.64. The lowest BCUT2D eigenvalue weighted by molar-refractivity contribution is 0.0778. The van der Waals surface area contributed by atoms with Crippen LogP contribution in [0.3, 0.4) is 0 Å². The molecule has 9 nitrogen and oxygen atoms in total. The summed E-state index contributed by atoms with van der Waals surface area (Å²) in [5.74, 6) is -1.87. The van der Waals surface area contributed by atoms with E-state index in [1.165, 1.54) is 36.9 Å². The van der Waals surface area contributed by atoms with Gasteiger partial charge in [0.05, 0.1) is 33.8 Å². The highest BCUT2D eigenvalue weighted by atomic mass is 32.1. The number of carbonyl (C=O) groups excluding carboxylic acids is 1. The predicted octanol–water partition coefficient (Wildman–Crippen LogP) is 4.85. The summed E-state index contributed by atoms with van der Waals surface area (Å²) < 4.78 is 36.6. The number of amides is 1. The first-order valence-corrected chi connectivity index (χ1v) is 11.8. The van der Waals surface area contributed by atoms with E-state index in [0.29, 0.717) is 22.6 Å². The zero-order valence-electron chi connectivity index (χ0n) is 19.6. The van der Waals surface area contributed by atoms with Crippen LogP contribution in [0.25, 0.3) is 21.3 Å². The third-order valence-electron chi connectivity index (χ3n) is 5.74. The Bertz CT molecular complexity index is 1610. The van der Waals surface area contributed by atoms with Crippen molar-refractivity contribution >= 4 is 39.0 Å². The lowest BCUT2D eigenvalue weighted by Crippen LogP contribution is -2.16. The number of primary amides is 1. The summed E-state index contributed by atoms with van der Waals surface area (Å²) in [4.78, 5) is 20.8. The van der Waals surface area contributed by atoms with Crippen molar-refractivity contribution in [3.8, 4) is 16.3 Å². The molecule has 0 radical (unpaired) electrons. The van der Waals surface area contributed by atoms with Gasteiger partial charge in [-0.25, -0.2) is 18.7 Å². The molecule has 4 aromatic heterocycles. The molecule has 0 fully saturated rings. The van der Waals surface area contributed by atoms with E-state index in [1.807, 2.05) is 0 Å². The Balaban J connectivity index is 1.49. The predicted molar refractivity (Wildman–Crippen MR) is 134 cm³/mol. The minimum Gasteiger partial charge on any atom is -0.494 e. The Morgan fingerprint density at radius 2 is 1.97 bits per heavy atom. The summed E-state index contributed by atoms with van der Waals surface area (Å²) in [6.07, 6.45) is 4.55. The molecule has 0 aliphatic carbocycles. The smallest absolute Gasteiger partial charge is 0.251 e. The summed E-state index contributed by atoms with van der Waals surface area (Å²) in [6.45, 7) is 3.04. The van der Waals surface area contributed by atoms with Gasteiger partial charge in [-0.1, -0.05) is 0 Å². The summed E-state index contributed by atoms with van der Waals surface area (Å²) in [5.41, 5.74) is 4.30. The van der Waals surface area contributed by atoms with Gasteiger partial charge >= 0.3 is 0 Å². The first-order chi connectivity index (χ1) is 17.5. The standard InChI is InChI=1S/C25H21F2N5O4S/c1-25(2,35)12-7-15(26)21(16(27)8-12)18-9-14(22(28)33)23(37-18)31-19-4-3-13-17(30-19)10-32(24(13)34)11-20-29-5-6-36-20/h3-10,34-35H,11H2,1-2H3,(H2,28,33)(H,30,31). The van der Waals surface area contributed by atoms with Crippen molar-refractivity contribution in [1.82, 2.24) is 14.5 Å². The molecule has 5 aromatic rings. The topological polar surface area (TPSA) is 139 Å². The average molecular weight is 526 g/mol. The van der Waals surface area contributed by atoms with Crippen LogP contribution in [0.4, 0.5) is 19.6 Å². The average Bonchev–Trinajstić information content (AvgIpc) is 3.54. The number of anilines is 2. The lowest BCUT2D eigenvalue weighted by Gasteiger charge is -2.18. The molecule has 12 heteroatoms. The van der Waals surface area contributed by atoms with Crippen LogP contribution in [0.2, 0.25) is 0 Å². The van der Waals surface area contributed by atoms with Crippen molar-refractivity contribution in [3.05, 3.63) is 77.6 Å². The van der Waals surface area contributed by atoms with Gasteiger partial charge in [-0.15, -0.1) is 11.3 Å². The second-order valence-corrected chi connectivity index (χ2v) is 9.90. The summed E-state index contributed by atoms with van der Waals surface area (Å²) in [7, 11) is 0. The maximum Gasteiger partial charge on any atom is 0.251 e. The first kappa shape index (κ1) is 24.4. The number of pyridine rings is 1. The second-order valence-electron chi connectivity index (χ2n) is 8.85. The molecule has 1 amide bonds. The van der Waals surface area contributed by atoms with E-state index in [2.05, 4.69) is 15.3 Å². The third-order valence-corrected chi connectivity index (χ3v) is 6.81. The van der Waals surface area contributed by atoms with Crippen LogP contribution in [-0.4, -0.2) is 30.7 Å². The van der Waals surface area contributed by atoms with Crippen LogP contribution in [-0.2, 0) is 12.1 Å². The normalized spacial score (nSPS) is 11.8. The number of benzene rings is 1. The second kappa shape index (κ2) is 8.98. The fourth-order valence-electron chi connectivity index (χ4n) is 3.86. The quantitative estimate of drug-likeness (QED) is 0.238. The monoisotopic (exact) mass is 525 g/mol. The number of aliphatic hydroxyl groups is 1. The van der Waals surface area contributed by atoms with Gasteiger partial charge in [0.1, 0.15) is 35.3 Å². The molecule has 0 saturated carbocycles. The van der Waals surface area contributed by atoms with Crippen molar-refractivity contribution in [2.24, 2.45) is 5.73 Å². The largest absolute Gasteiger partial charge is 0.494 e. The van der Waals surface area contributed by atoms with Gasteiger partial charge in [-0.05, 0) is 49.7 Å². The Morgan fingerprint density at radius 1 is 1.24 bits per heavy atom. The highest BCUT2D eigenvalue weighted by Crippen LogP contribution is 2.40. The number of nitrogens with one attached hydrogen (secondary N) is 1. The zero-order chi connectivity index (χ0) is 26.5. The van der Waals surface area contributed by atoms with Crippen LogP contribution in [0.15, 0.2) is 53.4 Å². The van der Waals surface area contributed by atoms with Crippen LogP contribution in [0.5, 0.6) is 5.88 Å². The minimum atomic E-state index is -1.44. The van der Waals surface area contributed by atoms with Gasteiger partial charge in [0.25, 0.3) is 5.91 Å². The van der Waals surface area contributed by atoms with Crippen molar-refractivity contribution < 1.29 is 28.2 Å². The SMILES string of the molecule is CC(C)(O)c1cc(F)c(-c2cc(C(N)=O)c(Nc3ccc4c(O)n(Cc5ncco5)cc4n3)s2)c(F)c1. The molecule has 0 aliphatic heterocycles. The number of halogens is 2. The van der Waals surface area contributed by atoms with Gasteiger partial charge in [0.2, 0.25) is 11.8 Å². The molecular formula is C25H21F2N5O4S. The molecular weight excluding hydrogens is 504 g/mol. The Labute approximate surface area is 212 Å². The van der Waals surface area contributed by atoms with E-state index >= 15 is 0 Å². The fourth-order valence-corrected chi connectivity index (χ4v) is 4.98. The molecule has 37 heavy (non-hydrogen) atoms. The number of nitrogens with two attached hydrogens (primary N) is 1. The maximum atomic E-state index is 14.9. The van der Waals surface area contributed by atoms with Gasteiger partial charge in [0, 0.05) is 11.1 Å². The van der Waals surface area contributed by atoms with E-state index < -0.39 is 23.1 Å². The van der Waals surface area contributed by atoms with Crippen LogP contribution in [0, 0.1) is 11.6 Å². The van der Waals surface area contributed by atoms with Crippen molar-refractivity contribution in [2.75, 3.05) is 5.32 Å². The van der Waals surface area contributed by atoms with Gasteiger partial charge in [0.15, 0.2) is 0 Å². The van der Waals surface area contributed by atoms with E-state index in [4.69, 9.17) is 10.2 Å². The highest BCUT2D eigenvalue weighted by Gasteiger charge is 2.24. The number of hydrogen-bond donors (Lipinski definition) is 4. The van der Waals surface area contributed by atoms with E-state index in [0.717, 1.165) is 23.5 Å². The third kappa shape index (κ3) is 4.63. The molecule has 0 aliphatic rings. The molecule has 0 spiro atoms. The van der Waals surface area contributed by atoms with E-state index in [-0.39, 0.29) is 39.0 Å². The number of oxazole rings is 1. The molecule has 5 N–H and O–H groups in total. The van der Waals surface area contributed by atoms with Crippen molar-refractivity contribution in [3.63, 3.8) is 0 Å². The van der Waals surface area contributed by atoms with E-state index in [1.54, 1.807) is 18.3 Å². The first-order valence-electron chi connectivity index (χ1n) is 11.0. The van der Waals surface area contributed by atoms with Gasteiger partial charge < -0.3 is 30.2 Å². The number of fused-ring (bicyclic) bond motifs is 1. The van der Waals surface area contributed by atoms with Gasteiger partial charge in [-0.2, -0.15) is 0 Å². The summed E-state index contributed by atoms with van der Waals surface area (Å²) >= 11 is 0.924. The zero-order valence-corrected chi connectivity index (χ0v) is 20.4. The highest BCUT2D eigenvalue weighted by molar-refractivity contribution is 7.20. The molecule has 0 atom stereocenters. The summed E-state index contributed by atoms with van der Waals surface area (Å²) in [5, 5.41) is 24.3. The molecule has 0 bridgehead atoms. The number of thiophene rings is 1. The molecule has 0 saturated heterocycles. The molecule has 0 unspecified atom stereocenters. The Hall–Kier alpha value is -4.29. The Morgan fingerprint density at radius 3 is 2.59 bits per heavy atom. The molecule has 190 valence electrons. The lowest BCUT2D eigenvalue weighted by atomic mass is 9.96.